The van der Waals surface area contributed by atoms with Crippen molar-refractivity contribution in [3.05, 3.63) is 58.3 Å². The zero-order valence-corrected chi connectivity index (χ0v) is 28.2. The molecule has 2 amide bonds. The second kappa shape index (κ2) is 12.4. The number of fused-ring (bicyclic) bond motifs is 1. The number of carbonyl (C=O) groups is 2. The minimum atomic E-state index is -0.577. The first-order chi connectivity index (χ1) is 22.2. The number of pyridine rings is 1. The van der Waals surface area contributed by atoms with Gasteiger partial charge >= 0.3 is 12.1 Å². The van der Waals surface area contributed by atoms with Gasteiger partial charge in [0.1, 0.15) is 29.0 Å². The summed E-state index contributed by atoms with van der Waals surface area (Å²) in [6.45, 7) is 13.8. The maximum absolute atomic E-state index is 14.2. The third kappa shape index (κ3) is 6.76. The van der Waals surface area contributed by atoms with Crippen LogP contribution in [0, 0.1) is 11.2 Å². The van der Waals surface area contributed by atoms with E-state index in [4.69, 9.17) is 25.8 Å². The summed E-state index contributed by atoms with van der Waals surface area (Å²) < 4.78 is 32.0. The fourth-order valence-electron chi connectivity index (χ4n) is 6.44. The van der Waals surface area contributed by atoms with Gasteiger partial charge in [-0.2, -0.15) is 4.98 Å². The summed E-state index contributed by atoms with van der Waals surface area (Å²) in [5, 5.41) is 8.14. The van der Waals surface area contributed by atoms with E-state index >= 15 is 0 Å². The third-order valence-electron chi connectivity index (χ3n) is 8.62. The average molecular weight is 668 g/mol. The van der Waals surface area contributed by atoms with E-state index < -0.39 is 11.4 Å². The Hall–Kier alpha value is -4.26. The lowest BCUT2D eigenvalue weighted by Crippen LogP contribution is -2.65. The summed E-state index contributed by atoms with van der Waals surface area (Å²) in [6, 6.07) is 5.42. The van der Waals surface area contributed by atoms with Crippen molar-refractivity contribution >= 4 is 29.4 Å². The summed E-state index contributed by atoms with van der Waals surface area (Å²) in [5.41, 5.74) is 1.28. The first-order valence-electron chi connectivity index (χ1n) is 15.8. The number of benzene rings is 1. The number of rotatable bonds is 8. The van der Waals surface area contributed by atoms with Crippen LogP contribution in [0.15, 0.2) is 30.5 Å². The standard InChI is InChI=1S/C33H39ClFN7O5/c1-7-42(19(2)3)29(43)22-12-20(35)8-9-25(22)46-30-37-28(27(34)38-39-30)41-17-33(18-41)13-21(14-33)45-26-10-11-36-24-16-40(15-23(24)26)31(44)47-32(4,5)6/h8-12,19,21H,7,13-18H2,1-6H3. The van der Waals surface area contributed by atoms with E-state index in [0.29, 0.717) is 38.5 Å². The molecule has 4 heterocycles. The summed E-state index contributed by atoms with van der Waals surface area (Å²) in [5.74, 6) is 0.384. The van der Waals surface area contributed by atoms with Crippen molar-refractivity contribution < 1.29 is 28.2 Å². The van der Waals surface area contributed by atoms with Crippen molar-refractivity contribution in [3.8, 4) is 17.5 Å². The van der Waals surface area contributed by atoms with Crippen molar-refractivity contribution in [1.82, 2.24) is 30.0 Å². The topological polar surface area (TPSA) is 123 Å². The molecule has 47 heavy (non-hydrogen) atoms. The number of anilines is 1. The monoisotopic (exact) mass is 667 g/mol. The van der Waals surface area contributed by atoms with Crippen molar-refractivity contribution in [2.75, 3.05) is 24.5 Å². The Kier molecular flexibility index (Phi) is 8.62. The molecule has 2 aromatic heterocycles. The normalized spacial score (nSPS) is 16.9. The predicted molar refractivity (Wildman–Crippen MR) is 171 cm³/mol. The molecule has 2 aliphatic heterocycles. The van der Waals surface area contributed by atoms with E-state index in [-0.39, 0.29) is 52.0 Å². The van der Waals surface area contributed by atoms with Gasteiger partial charge in [0.15, 0.2) is 11.0 Å². The third-order valence-corrected chi connectivity index (χ3v) is 8.86. The Morgan fingerprint density at radius 1 is 1.13 bits per heavy atom. The van der Waals surface area contributed by atoms with Crippen molar-refractivity contribution in [2.45, 2.75) is 85.2 Å². The van der Waals surface area contributed by atoms with Crippen LogP contribution in [0.1, 0.15) is 76.0 Å². The van der Waals surface area contributed by atoms with Gasteiger partial charge in [0.05, 0.1) is 24.3 Å². The van der Waals surface area contributed by atoms with E-state index in [9.17, 15) is 14.0 Å². The molecule has 6 rings (SSSR count). The van der Waals surface area contributed by atoms with Gasteiger partial charge in [-0.15, -0.1) is 5.10 Å². The van der Waals surface area contributed by atoms with E-state index in [1.807, 2.05) is 52.5 Å². The highest BCUT2D eigenvalue weighted by Crippen LogP contribution is 2.51. The van der Waals surface area contributed by atoms with Crippen molar-refractivity contribution in [3.63, 3.8) is 0 Å². The van der Waals surface area contributed by atoms with Crippen LogP contribution in [-0.2, 0) is 17.8 Å². The molecule has 3 aliphatic rings. The van der Waals surface area contributed by atoms with Gasteiger partial charge in [-0.1, -0.05) is 16.7 Å². The predicted octanol–water partition coefficient (Wildman–Crippen LogP) is 6.02. The first-order valence-corrected chi connectivity index (χ1v) is 16.2. The Morgan fingerprint density at radius 2 is 1.87 bits per heavy atom. The van der Waals surface area contributed by atoms with Crippen LogP contribution >= 0.6 is 11.6 Å². The van der Waals surface area contributed by atoms with E-state index in [0.717, 1.165) is 35.9 Å². The van der Waals surface area contributed by atoms with Gasteiger partial charge in [-0.3, -0.25) is 14.7 Å². The van der Waals surface area contributed by atoms with Gasteiger partial charge < -0.3 is 24.0 Å². The summed E-state index contributed by atoms with van der Waals surface area (Å²) >= 11 is 6.41. The van der Waals surface area contributed by atoms with Gasteiger partial charge in [0.25, 0.3) is 5.91 Å². The highest BCUT2D eigenvalue weighted by Gasteiger charge is 2.54. The smallest absolute Gasteiger partial charge is 0.410 e. The number of hydrogen-bond acceptors (Lipinski definition) is 10. The highest BCUT2D eigenvalue weighted by molar-refractivity contribution is 6.31. The van der Waals surface area contributed by atoms with E-state index in [2.05, 4.69) is 20.2 Å². The van der Waals surface area contributed by atoms with Crippen LogP contribution in [-0.4, -0.2) is 79.3 Å². The highest BCUT2D eigenvalue weighted by atomic mass is 35.5. The molecular formula is C33H39ClFN7O5. The molecule has 12 nitrogen and oxygen atoms in total. The second-order valence-corrected chi connectivity index (χ2v) is 14.1. The lowest BCUT2D eigenvalue weighted by atomic mass is 9.62. The zero-order chi connectivity index (χ0) is 33.7. The van der Waals surface area contributed by atoms with E-state index in [1.54, 1.807) is 16.0 Å². The molecule has 250 valence electrons. The molecule has 3 aromatic rings. The van der Waals surface area contributed by atoms with E-state index in [1.165, 1.54) is 12.1 Å². The average Bonchev–Trinajstić information content (AvgIpc) is 3.41. The molecule has 1 spiro atoms. The molecule has 1 saturated heterocycles. The number of nitrogens with zero attached hydrogens (tertiary/aromatic N) is 7. The fraction of sp³-hybridized carbons (Fsp3) is 0.515. The van der Waals surface area contributed by atoms with Crippen molar-refractivity contribution in [1.29, 1.82) is 0 Å². The Balaban J connectivity index is 1.07. The molecule has 0 atom stereocenters. The number of ether oxygens (including phenoxy) is 3. The molecule has 1 aromatic carbocycles. The Morgan fingerprint density at radius 3 is 2.55 bits per heavy atom. The number of halogens is 2. The van der Waals surface area contributed by atoms with Crippen LogP contribution in [0.25, 0.3) is 0 Å². The Bertz CT molecular complexity index is 1690. The quantitative estimate of drug-likeness (QED) is 0.282. The number of aromatic nitrogens is 4. The largest absolute Gasteiger partial charge is 0.490 e. The lowest BCUT2D eigenvalue weighted by Gasteiger charge is -2.58. The van der Waals surface area contributed by atoms with Crippen molar-refractivity contribution in [2.24, 2.45) is 5.41 Å². The molecule has 2 fully saturated rings. The molecule has 0 radical (unpaired) electrons. The second-order valence-electron chi connectivity index (χ2n) is 13.7. The SMILES string of the molecule is CCN(C(=O)c1cc(F)ccc1Oc1nnc(Cl)c(N2CC3(CC(Oc4ccnc5c4CN(C(=O)OC(C)(C)C)C5)C3)C2)n1)C(C)C. The van der Waals surface area contributed by atoms with Crippen LogP contribution < -0.4 is 14.4 Å². The van der Waals surface area contributed by atoms with Crippen LogP contribution in [0.2, 0.25) is 5.15 Å². The molecule has 1 saturated carbocycles. The molecule has 14 heteroatoms. The van der Waals surface area contributed by atoms with Gasteiger partial charge in [0, 0.05) is 42.9 Å². The zero-order valence-electron chi connectivity index (χ0n) is 27.4. The number of carbonyl (C=O) groups excluding carboxylic acids is 2. The van der Waals surface area contributed by atoms with Crippen LogP contribution in [0.3, 0.4) is 0 Å². The molecule has 1 aliphatic carbocycles. The first kappa shape index (κ1) is 32.7. The number of amides is 2. The minimum Gasteiger partial charge on any atom is -0.490 e. The van der Waals surface area contributed by atoms with Gasteiger partial charge in [-0.05, 0) is 78.6 Å². The lowest BCUT2D eigenvalue weighted by molar-refractivity contribution is -0.0349. The maximum atomic E-state index is 14.2. The van der Waals surface area contributed by atoms with Gasteiger partial charge in [-0.25, -0.2) is 9.18 Å². The number of hydrogen-bond donors (Lipinski definition) is 0. The summed E-state index contributed by atoms with van der Waals surface area (Å²) in [6.07, 6.45) is 3.07. The van der Waals surface area contributed by atoms with Gasteiger partial charge in [0.2, 0.25) is 0 Å². The molecule has 0 unspecified atom stereocenters. The molecule has 0 N–H and O–H groups in total. The Labute approximate surface area is 278 Å². The molecule has 0 bridgehead atoms. The summed E-state index contributed by atoms with van der Waals surface area (Å²) in [4.78, 5) is 40.1. The fourth-order valence-corrected chi connectivity index (χ4v) is 6.64. The summed E-state index contributed by atoms with van der Waals surface area (Å²) in [7, 11) is 0. The van der Waals surface area contributed by atoms with Crippen LogP contribution in [0.5, 0.6) is 17.5 Å². The van der Waals surface area contributed by atoms with Crippen LogP contribution in [0.4, 0.5) is 15.0 Å². The maximum Gasteiger partial charge on any atom is 0.410 e. The molecular weight excluding hydrogens is 629 g/mol. The minimum absolute atomic E-state index is 0.0278.